The molecular formula is C23H25FN8. The molecule has 0 amide bonds. The summed E-state index contributed by atoms with van der Waals surface area (Å²) in [5.74, 6) is 1.18. The molecular weight excluding hydrogens is 407 g/mol. The van der Waals surface area contributed by atoms with Gasteiger partial charge in [-0.1, -0.05) is 12.5 Å². The van der Waals surface area contributed by atoms with Gasteiger partial charge in [-0.05, 0) is 49.2 Å². The van der Waals surface area contributed by atoms with Crippen LogP contribution in [0.5, 0.6) is 0 Å². The third-order valence-corrected chi connectivity index (χ3v) is 6.14. The lowest BCUT2D eigenvalue weighted by Gasteiger charge is -2.41. The van der Waals surface area contributed by atoms with Crippen LogP contribution in [0.3, 0.4) is 0 Å². The summed E-state index contributed by atoms with van der Waals surface area (Å²) < 4.78 is 14.3. The summed E-state index contributed by atoms with van der Waals surface area (Å²) in [6.07, 6.45) is 4.54. The van der Waals surface area contributed by atoms with E-state index in [4.69, 9.17) is 5.73 Å². The van der Waals surface area contributed by atoms with E-state index in [1.807, 2.05) is 30.3 Å². The standard InChI is InChI=1S/C23H25FN8/c24-17-3-1-11-26-21(17)23(8-2-9-23)14-28-20-7-6-18(29-31-20)15-4-5-19-16(13-15)22(32-30-19)27-12-10-25/h1,3-7,11,13H,2,8-10,12,14,25H2,(H,28,31)(H2,27,30,32). The van der Waals surface area contributed by atoms with Crippen LogP contribution in [0, 0.1) is 5.82 Å². The third kappa shape index (κ3) is 3.75. The zero-order chi connectivity index (χ0) is 22.0. The molecule has 0 spiro atoms. The van der Waals surface area contributed by atoms with Gasteiger partial charge in [0.05, 0.1) is 16.9 Å². The highest BCUT2D eigenvalue weighted by molar-refractivity contribution is 5.92. The monoisotopic (exact) mass is 432 g/mol. The average molecular weight is 433 g/mol. The molecule has 5 rings (SSSR count). The van der Waals surface area contributed by atoms with Crippen molar-refractivity contribution in [2.45, 2.75) is 24.7 Å². The van der Waals surface area contributed by atoms with Crippen LogP contribution in [-0.2, 0) is 5.41 Å². The summed E-state index contributed by atoms with van der Waals surface area (Å²) in [6, 6.07) is 12.9. The number of nitrogens with zero attached hydrogens (tertiary/aromatic N) is 4. The SMILES string of the molecule is NCCNc1n[nH]c2ccc(-c3ccc(NCC4(c5ncccc5F)CCC4)nn3)cc12. The van der Waals surface area contributed by atoms with Crippen LogP contribution in [0.25, 0.3) is 22.2 Å². The summed E-state index contributed by atoms with van der Waals surface area (Å²) in [5, 5.41) is 23.6. The molecule has 9 heteroatoms. The van der Waals surface area contributed by atoms with Crippen LogP contribution in [0.2, 0.25) is 0 Å². The summed E-state index contributed by atoms with van der Waals surface area (Å²) in [4.78, 5) is 4.31. The molecule has 3 heterocycles. The lowest BCUT2D eigenvalue weighted by molar-refractivity contribution is 0.243. The molecule has 4 aromatic rings. The number of nitrogens with one attached hydrogen (secondary N) is 3. The molecule has 1 fully saturated rings. The van der Waals surface area contributed by atoms with Gasteiger partial charge >= 0.3 is 0 Å². The fourth-order valence-corrected chi connectivity index (χ4v) is 4.22. The number of hydrogen-bond acceptors (Lipinski definition) is 7. The Morgan fingerprint density at radius 2 is 2.00 bits per heavy atom. The van der Waals surface area contributed by atoms with Gasteiger partial charge in [-0.25, -0.2) is 4.39 Å². The predicted molar refractivity (Wildman–Crippen MR) is 123 cm³/mol. The first kappa shape index (κ1) is 20.3. The molecule has 8 nitrogen and oxygen atoms in total. The Labute approximate surface area is 184 Å². The molecule has 0 atom stereocenters. The maximum absolute atomic E-state index is 14.3. The number of hydrogen-bond donors (Lipinski definition) is 4. The van der Waals surface area contributed by atoms with E-state index >= 15 is 0 Å². The molecule has 5 N–H and O–H groups in total. The minimum atomic E-state index is -0.287. The van der Waals surface area contributed by atoms with Crippen molar-refractivity contribution in [3.05, 3.63) is 60.2 Å². The normalized spacial score (nSPS) is 14.8. The van der Waals surface area contributed by atoms with Crippen molar-refractivity contribution in [1.29, 1.82) is 0 Å². The molecule has 32 heavy (non-hydrogen) atoms. The Bertz CT molecular complexity index is 1220. The Morgan fingerprint density at radius 3 is 2.72 bits per heavy atom. The fraction of sp³-hybridized carbons (Fsp3) is 0.304. The smallest absolute Gasteiger partial charge is 0.155 e. The molecule has 0 radical (unpaired) electrons. The number of pyridine rings is 1. The highest BCUT2D eigenvalue weighted by Crippen LogP contribution is 2.43. The number of nitrogens with two attached hydrogens (primary N) is 1. The minimum absolute atomic E-state index is 0.245. The van der Waals surface area contributed by atoms with Gasteiger partial charge in [-0.3, -0.25) is 10.1 Å². The topological polar surface area (TPSA) is 117 Å². The maximum Gasteiger partial charge on any atom is 0.155 e. The van der Waals surface area contributed by atoms with Gasteiger partial charge in [0.25, 0.3) is 0 Å². The van der Waals surface area contributed by atoms with Crippen molar-refractivity contribution in [3.8, 4) is 11.3 Å². The van der Waals surface area contributed by atoms with Crippen LogP contribution >= 0.6 is 0 Å². The molecule has 164 valence electrons. The van der Waals surface area contributed by atoms with Crippen LogP contribution in [0.1, 0.15) is 25.0 Å². The van der Waals surface area contributed by atoms with Crippen molar-refractivity contribution < 1.29 is 4.39 Å². The number of rotatable bonds is 8. The van der Waals surface area contributed by atoms with Gasteiger partial charge in [0.2, 0.25) is 0 Å². The second-order valence-electron chi connectivity index (χ2n) is 8.17. The van der Waals surface area contributed by atoms with Crippen molar-refractivity contribution in [2.75, 3.05) is 30.3 Å². The molecule has 0 saturated heterocycles. The predicted octanol–water partition coefficient (Wildman–Crippen LogP) is 3.46. The summed E-state index contributed by atoms with van der Waals surface area (Å²) in [5.41, 5.74) is 8.48. The zero-order valence-electron chi connectivity index (χ0n) is 17.6. The molecule has 1 aliphatic rings. The van der Waals surface area contributed by atoms with Gasteiger partial charge in [0.15, 0.2) is 5.82 Å². The van der Waals surface area contributed by atoms with E-state index in [1.165, 1.54) is 6.07 Å². The van der Waals surface area contributed by atoms with Gasteiger partial charge < -0.3 is 16.4 Å². The molecule has 1 aromatic carbocycles. The van der Waals surface area contributed by atoms with Crippen molar-refractivity contribution >= 4 is 22.5 Å². The molecule has 1 saturated carbocycles. The van der Waals surface area contributed by atoms with Crippen molar-refractivity contribution in [3.63, 3.8) is 0 Å². The van der Waals surface area contributed by atoms with E-state index in [1.54, 1.807) is 12.3 Å². The first-order valence-electron chi connectivity index (χ1n) is 10.8. The number of aromatic nitrogens is 5. The molecule has 0 unspecified atom stereocenters. The van der Waals surface area contributed by atoms with E-state index in [0.717, 1.165) is 47.2 Å². The van der Waals surface area contributed by atoms with Gasteiger partial charge in [0, 0.05) is 42.2 Å². The van der Waals surface area contributed by atoms with E-state index in [-0.39, 0.29) is 11.2 Å². The van der Waals surface area contributed by atoms with Gasteiger partial charge in [-0.2, -0.15) is 5.10 Å². The van der Waals surface area contributed by atoms with Crippen molar-refractivity contribution in [1.82, 2.24) is 25.4 Å². The fourth-order valence-electron chi connectivity index (χ4n) is 4.22. The second-order valence-corrected chi connectivity index (χ2v) is 8.17. The molecule has 0 bridgehead atoms. The van der Waals surface area contributed by atoms with Crippen LogP contribution < -0.4 is 16.4 Å². The molecule has 1 aliphatic carbocycles. The summed E-state index contributed by atoms with van der Waals surface area (Å²) in [7, 11) is 0. The molecule has 0 aliphatic heterocycles. The number of anilines is 2. The van der Waals surface area contributed by atoms with E-state index in [0.29, 0.717) is 31.1 Å². The Kier molecular flexibility index (Phi) is 5.40. The van der Waals surface area contributed by atoms with E-state index in [9.17, 15) is 4.39 Å². The van der Waals surface area contributed by atoms with Crippen LogP contribution in [0.4, 0.5) is 16.0 Å². The maximum atomic E-state index is 14.3. The minimum Gasteiger partial charge on any atom is -0.368 e. The lowest BCUT2D eigenvalue weighted by Crippen LogP contribution is -2.42. The van der Waals surface area contributed by atoms with Gasteiger partial charge in [0.1, 0.15) is 11.6 Å². The van der Waals surface area contributed by atoms with E-state index < -0.39 is 0 Å². The highest BCUT2D eigenvalue weighted by atomic mass is 19.1. The Hall–Kier alpha value is -3.59. The highest BCUT2D eigenvalue weighted by Gasteiger charge is 2.41. The largest absolute Gasteiger partial charge is 0.368 e. The van der Waals surface area contributed by atoms with Crippen LogP contribution in [0.15, 0.2) is 48.7 Å². The number of H-pyrrole nitrogens is 1. The first-order valence-corrected chi connectivity index (χ1v) is 10.8. The lowest BCUT2D eigenvalue weighted by atomic mass is 9.66. The Balaban J connectivity index is 1.32. The Morgan fingerprint density at radius 1 is 1.09 bits per heavy atom. The zero-order valence-corrected chi connectivity index (χ0v) is 17.6. The second kappa shape index (κ2) is 8.51. The van der Waals surface area contributed by atoms with Crippen LogP contribution in [-0.4, -0.2) is 45.0 Å². The van der Waals surface area contributed by atoms with Crippen molar-refractivity contribution in [2.24, 2.45) is 5.73 Å². The number of fused-ring (bicyclic) bond motifs is 1. The number of halogens is 1. The van der Waals surface area contributed by atoms with E-state index in [2.05, 4.69) is 36.0 Å². The quantitative estimate of drug-likeness (QED) is 0.337. The van der Waals surface area contributed by atoms with Gasteiger partial charge in [-0.15, -0.1) is 10.2 Å². The first-order chi connectivity index (χ1) is 15.7. The number of aromatic amines is 1. The average Bonchev–Trinajstić information content (AvgIpc) is 3.20. The summed E-state index contributed by atoms with van der Waals surface area (Å²) in [6.45, 7) is 1.75. The number of benzene rings is 1. The third-order valence-electron chi connectivity index (χ3n) is 6.14. The molecule has 3 aromatic heterocycles. The summed E-state index contributed by atoms with van der Waals surface area (Å²) >= 11 is 0.